The van der Waals surface area contributed by atoms with Gasteiger partial charge in [0.2, 0.25) is 11.8 Å². The minimum Gasteiger partial charge on any atom is -0.493 e. The quantitative estimate of drug-likeness (QED) is 0.679. The van der Waals surface area contributed by atoms with Gasteiger partial charge in [0.1, 0.15) is 16.9 Å². The number of hydrogen-bond acceptors (Lipinski definition) is 6. The number of thioether (sulfide) groups is 1. The third kappa shape index (κ3) is 6.00. The normalized spacial score (nSPS) is 15.5. The number of benzene rings is 2. The lowest BCUT2D eigenvalue weighted by molar-refractivity contribution is -0.129. The van der Waals surface area contributed by atoms with Crippen molar-refractivity contribution in [3.63, 3.8) is 0 Å². The van der Waals surface area contributed by atoms with Crippen LogP contribution in [0.15, 0.2) is 53.6 Å². The summed E-state index contributed by atoms with van der Waals surface area (Å²) in [6.45, 7) is 5.96. The maximum atomic E-state index is 12.0. The summed E-state index contributed by atoms with van der Waals surface area (Å²) < 4.78 is 11.6. The molecule has 2 aromatic carbocycles. The SMILES string of the molecule is CC(=O)NC1=NN(C(C)=O)[C@H](c2cccc(OCCCOc3cccc(C)c3)c2)S1. The van der Waals surface area contributed by atoms with Gasteiger partial charge < -0.3 is 14.8 Å². The topological polar surface area (TPSA) is 80.2 Å². The van der Waals surface area contributed by atoms with E-state index in [2.05, 4.69) is 10.4 Å². The molecule has 0 aliphatic carbocycles. The van der Waals surface area contributed by atoms with E-state index in [0.717, 1.165) is 23.3 Å². The van der Waals surface area contributed by atoms with Crippen LogP contribution in [0.2, 0.25) is 0 Å². The zero-order valence-corrected chi connectivity index (χ0v) is 18.1. The van der Waals surface area contributed by atoms with Crippen molar-refractivity contribution in [2.75, 3.05) is 13.2 Å². The minimum absolute atomic E-state index is 0.201. The van der Waals surface area contributed by atoms with Gasteiger partial charge in [0, 0.05) is 20.3 Å². The van der Waals surface area contributed by atoms with Crippen molar-refractivity contribution in [3.05, 3.63) is 59.7 Å². The summed E-state index contributed by atoms with van der Waals surface area (Å²) in [4.78, 5) is 23.3. The van der Waals surface area contributed by atoms with Gasteiger partial charge in [0.15, 0.2) is 5.17 Å². The summed E-state index contributed by atoms with van der Waals surface area (Å²) in [5, 5.41) is 8.27. The first-order valence-corrected chi connectivity index (χ1v) is 10.6. The minimum atomic E-state index is -0.349. The van der Waals surface area contributed by atoms with Gasteiger partial charge in [-0.3, -0.25) is 9.59 Å². The lowest BCUT2D eigenvalue weighted by Gasteiger charge is -2.19. The van der Waals surface area contributed by atoms with Gasteiger partial charge >= 0.3 is 0 Å². The van der Waals surface area contributed by atoms with Gasteiger partial charge in [0.05, 0.1) is 13.2 Å². The third-order valence-electron chi connectivity index (χ3n) is 4.21. The van der Waals surface area contributed by atoms with Gasteiger partial charge in [-0.25, -0.2) is 5.01 Å². The highest BCUT2D eigenvalue weighted by Crippen LogP contribution is 2.39. The van der Waals surface area contributed by atoms with E-state index in [-0.39, 0.29) is 17.2 Å². The Kier molecular flexibility index (Phi) is 7.35. The summed E-state index contributed by atoms with van der Waals surface area (Å²) >= 11 is 1.32. The number of amidine groups is 1. The first-order valence-electron chi connectivity index (χ1n) is 9.67. The second-order valence-electron chi connectivity index (χ2n) is 6.86. The molecule has 0 saturated carbocycles. The Labute approximate surface area is 180 Å². The molecule has 0 unspecified atom stereocenters. The molecule has 1 aliphatic heterocycles. The smallest absolute Gasteiger partial charge is 0.241 e. The molecule has 1 atom stereocenters. The third-order valence-corrected chi connectivity index (χ3v) is 5.31. The summed E-state index contributed by atoms with van der Waals surface area (Å²) in [5.74, 6) is 1.14. The monoisotopic (exact) mass is 427 g/mol. The van der Waals surface area contributed by atoms with Crippen molar-refractivity contribution in [3.8, 4) is 11.5 Å². The number of carbonyl (C=O) groups excluding carboxylic acids is 2. The van der Waals surface area contributed by atoms with E-state index < -0.39 is 0 Å². The lowest BCUT2D eigenvalue weighted by Crippen LogP contribution is -2.25. The number of ether oxygens (including phenoxy) is 2. The fourth-order valence-corrected chi connectivity index (χ4v) is 4.01. The second kappa shape index (κ2) is 10.2. The van der Waals surface area contributed by atoms with Gasteiger partial charge in [-0.1, -0.05) is 36.0 Å². The highest BCUT2D eigenvalue weighted by molar-refractivity contribution is 8.14. The Morgan fingerprint density at radius 3 is 2.37 bits per heavy atom. The first kappa shape index (κ1) is 21.7. The summed E-state index contributed by atoms with van der Waals surface area (Å²) in [6, 6.07) is 15.5. The molecule has 0 radical (unpaired) electrons. The van der Waals surface area contributed by atoms with E-state index in [4.69, 9.17) is 9.47 Å². The molecule has 0 saturated heterocycles. The Morgan fingerprint density at radius 2 is 1.73 bits per heavy atom. The Hall–Kier alpha value is -3.00. The second-order valence-corrected chi connectivity index (χ2v) is 7.93. The van der Waals surface area contributed by atoms with Crippen LogP contribution in [0.25, 0.3) is 0 Å². The lowest BCUT2D eigenvalue weighted by atomic mass is 10.2. The number of aryl methyl sites for hydroxylation is 1. The molecule has 30 heavy (non-hydrogen) atoms. The molecular weight excluding hydrogens is 402 g/mol. The summed E-state index contributed by atoms with van der Waals surface area (Å²) in [6.07, 6.45) is 0.742. The molecule has 7 nitrogen and oxygen atoms in total. The average molecular weight is 428 g/mol. The van der Waals surface area contributed by atoms with Crippen molar-refractivity contribution in [1.29, 1.82) is 0 Å². The van der Waals surface area contributed by atoms with E-state index in [1.807, 2.05) is 55.5 Å². The van der Waals surface area contributed by atoms with E-state index in [1.54, 1.807) is 0 Å². The molecule has 0 bridgehead atoms. The van der Waals surface area contributed by atoms with Crippen molar-refractivity contribution in [1.82, 2.24) is 10.3 Å². The van der Waals surface area contributed by atoms with Crippen LogP contribution in [-0.4, -0.2) is 35.2 Å². The zero-order chi connectivity index (χ0) is 21.5. The van der Waals surface area contributed by atoms with Crippen LogP contribution in [-0.2, 0) is 9.59 Å². The number of hydrazone groups is 1. The van der Waals surface area contributed by atoms with Crippen molar-refractivity contribution in [2.24, 2.45) is 5.10 Å². The fourth-order valence-electron chi connectivity index (χ4n) is 2.88. The molecule has 2 aromatic rings. The maximum Gasteiger partial charge on any atom is 0.241 e. The van der Waals surface area contributed by atoms with Crippen LogP contribution in [0, 0.1) is 6.92 Å². The van der Waals surface area contributed by atoms with Crippen LogP contribution < -0.4 is 14.8 Å². The van der Waals surface area contributed by atoms with Crippen LogP contribution in [0.5, 0.6) is 11.5 Å². The Morgan fingerprint density at radius 1 is 1.07 bits per heavy atom. The number of nitrogens with zero attached hydrogens (tertiary/aromatic N) is 2. The van der Waals surface area contributed by atoms with Crippen molar-refractivity contribution in [2.45, 2.75) is 32.6 Å². The molecule has 0 aromatic heterocycles. The molecule has 1 aliphatic rings. The first-order chi connectivity index (χ1) is 14.4. The summed E-state index contributed by atoms with van der Waals surface area (Å²) in [7, 11) is 0. The predicted octanol–water partition coefficient (Wildman–Crippen LogP) is 3.84. The molecular formula is C22H25N3O4S. The number of amides is 2. The van der Waals surface area contributed by atoms with Crippen molar-refractivity contribution >= 4 is 28.7 Å². The van der Waals surface area contributed by atoms with Crippen LogP contribution >= 0.6 is 11.8 Å². The molecule has 0 fully saturated rings. The van der Waals surface area contributed by atoms with Gasteiger partial charge in [-0.05, 0) is 42.3 Å². The van der Waals surface area contributed by atoms with Crippen molar-refractivity contribution < 1.29 is 19.1 Å². The Balaban J connectivity index is 1.54. The highest BCUT2D eigenvalue weighted by atomic mass is 32.2. The maximum absolute atomic E-state index is 12.0. The zero-order valence-electron chi connectivity index (χ0n) is 17.3. The van der Waals surface area contributed by atoms with Crippen LogP contribution in [0.4, 0.5) is 0 Å². The molecule has 1 heterocycles. The number of hydrogen-bond donors (Lipinski definition) is 1. The standard InChI is InChI=1S/C22H25N3O4S/c1-15-7-4-9-19(13-15)28-11-6-12-29-20-10-5-8-18(14-20)21-25(17(3)27)24-22(30-21)23-16(2)26/h4-5,7-10,13-14,21H,6,11-12H2,1-3H3,(H,23,24,26)/t21-/m0/s1. The molecule has 1 N–H and O–H groups in total. The molecule has 0 spiro atoms. The van der Waals surface area contributed by atoms with Gasteiger partial charge in [-0.2, -0.15) is 0 Å². The van der Waals surface area contributed by atoms with Gasteiger partial charge in [0.25, 0.3) is 0 Å². The van der Waals surface area contributed by atoms with Crippen LogP contribution in [0.3, 0.4) is 0 Å². The van der Waals surface area contributed by atoms with E-state index in [0.29, 0.717) is 24.1 Å². The number of rotatable bonds is 7. The van der Waals surface area contributed by atoms with E-state index >= 15 is 0 Å². The molecule has 3 rings (SSSR count). The molecule has 158 valence electrons. The van der Waals surface area contributed by atoms with Crippen LogP contribution in [0.1, 0.15) is 36.8 Å². The number of nitrogens with one attached hydrogen (secondary N) is 1. The van der Waals surface area contributed by atoms with E-state index in [9.17, 15) is 9.59 Å². The Bertz CT molecular complexity index is 947. The highest BCUT2D eigenvalue weighted by Gasteiger charge is 2.32. The fraction of sp³-hybridized carbons (Fsp3) is 0.318. The molecule has 2 amide bonds. The largest absolute Gasteiger partial charge is 0.493 e. The average Bonchev–Trinajstić information content (AvgIpc) is 3.11. The van der Waals surface area contributed by atoms with E-state index in [1.165, 1.54) is 30.6 Å². The summed E-state index contributed by atoms with van der Waals surface area (Å²) in [5.41, 5.74) is 2.03. The predicted molar refractivity (Wildman–Crippen MR) is 117 cm³/mol. The molecule has 8 heteroatoms. The van der Waals surface area contributed by atoms with Gasteiger partial charge in [-0.15, -0.1) is 5.10 Å². The number of carbonyl (C=O) groups is 2.